The molecular formula is C14H10ClFINO2. The van der Waals surface area contributed by atoms with Crippen LogP contribution >= 0.6 is 34.2 Å². The van der Waals surface area contributed by atoms with Gasteiger partial charge in [0.15, 0.2) is 0 Å². The van der Waals surface area contributed by atoms with Crippen molar-refractivity contribution < 1.29 is 13.9 Å². The molecule has 20 heavy (non-hydrogen) atoms. The number of anilines is 1. The van der Waals surface area contributed by atoms with Crippen LogP contribution in [0.4, 0.5) is 10.1 Å². The van der Waals surface area contributed by atoms with Gasteiger partial charge < -0.3 is 10.1 Å². The van der Waals surface area contributed by atoms with Gasteiger partial charge in [0.05, 0.1) is 17.8 Å². The Morgan fingerprint density at radius 2 is 2.10 bits per heavy atom. The number of hydrogen-bond acceptors (Lipinski definition) is 2. The second kappa shape index (κ2) is 6.41. The summed E-state index contributed by atoms with van der Waals surface area (Å²) in [6.07, 6.45) is 0. The van der Waals surface area contributed by atoms with E-state index in [4.69, 9.17) is 16.3 Å². The highest BCUT2D eigenvalue weighted by molar-refractivity contribution is 14.1. The number of carbonyl (C=O) groups excluding carboxylic acids is 1. The number of ether oxygens (including phenoxy) is 1. The van der Waals surface area contributed by atoms with Crippen LogP contribution in [0.1, 0.15) is 10.4 Å². The molecule has 0 aromatic heterocycles. The highest BCUT2D eigenvalue weighted by atomic mass is 127. The average Bonchev–Trinajstić information content (AvgIpc) is 2.41. The molecule has 6 heteroatoms. The largest absolute Gasteiger partial charge is 0.496 e. The molecule has 0 unspecified atom stereocenters. The smallest absolute Gasteiger partial charge is 0.262 e. The first-order chi connectivity index (χ1) is 9.52. The maximum Gasteiger partial charge on any atom is 0.262 e. The molecule has 0 aliphatic carbocycles. The van der Waals surface area contributed by atoms with E-state index in [-0.39, 0.29) is 11.3 Å². The predicted octanol–water partition coefficient (Wildman–Crippen LogP) is 4.34. The molecule has 1 N–H and O–H groups in total. The van der Waals surface area contributed by atoms with E-state index in [0.717, 1.165) is 3.57 Å². The average molecular weight is 406 g/mol. The third-order valence-corrected chi connectivity index (χ3v) is 3.59. The van der Waals surface area contributed by atoms with Gasteiger partial charge in [-0.15, -0.1) is 0 Å². The quantitative estimate of drug-likeness (QED) is 0.771. The van der Waals surface area contributed by atoms with Crippen LogP contribution in [0.15, 0.2) is 36.4 Å². The van der Waals surface area contributed by atoms with Crippen LogP contribution in [0.5, 0.6) is 5.75 Å². The van der Waals surface area contributed by atoms with Gasteiger partial charge in [-0.3, -0.25) is 4.79 Å². The standard InChI is InChI=1S/C14H10ClFINO2/c1-20-12-4-2-3-10(16)13(12)14(19)18-11-6-5-8(17)7-9(11)15/h2-7H,1H3,(H,18,19). The van der Waals surface area contributed by atoms with Crippen molar-refractivity contribution in [3.05, 3.63) is 56.4 Å². The summed E-state index contributed by atoms with van der Waals surface area (Å²) in [5.74, 6) is -1.09. The van der Waals surface area contributed by atoms with Crippen molar-refractivity contribution in [3.63, 3.8) is 0 Å². The molecular weight excluding hydrogens is 396 g/mol. The minimum atomic E-state index is -0.650. The zero-order valence-electron chi connectivity index (χ0n) is 10.4. The van der Waals surface area contributed by atoms with Crippen molar-refractivity contribution in [3.8, 4) is 5.75 Å². The van der Waals surface area contributed by atoms with E-state index >= 15 is 0 Å². The van der Waals surface area contributed by atoms with Crippen LogP contribution in [-0.4, -0.2) is 13.0 Å². The van der Waals surface area contributed by atoms with E-state index in [1.54, 1.807) is 18.2 Å². The van der Waals surface area contributed by atoms with Crippen LogP contribution in [0.3, 0.4) is 0 Å². The summed E-state index contributed by atoms with van der Waals surface area (Å²) in [7, 11) is 1.38. The molecule has 0 heterocycles. The van der Waals surface area contributed by atoms with Crippen LogP contribution in [-0.2, 0) is 0 Å². The maximum atomic E-state index is 13.8. The molecule has 0 atom stereocenters. The van der Waals surface area contributed by atoms with E-state index < -0.39 is 11.7 Å². The third-order valence-electron chi connectivity index (χ3n) is 2.60. The van der Waals surface area contributed by atoms with Gasteiger partial charge in [0.2, 0.25) is 0 Å². The molecule has 2 aromatic carbocycles. The highest BCUT2D eigenvalue weighted by Gasteiger charge is 2.18. The molecule has 2 rings (SSSR count). The second-order valence-electron chi connectivity index (χ2n) is 3.90. The molecule has 1 amide bonds. The summed E-state index contributed by atoms with van der Waals surface area (Å²) < 4.78 is 19.7. The van der Waals surface area contributed by atoms with Gasteiger partial charge >= 0.3 is 0 Å². The molecule has 0 spiro atoms. The second-order valence-corrected chi connectivity index (χ2v) is 5.55. The molecule has 0 aliphatic rings. The van der Waals surface area contributed by atoms with Crippen molar-refractivity contribution in [1.29, 1.82) is 0 Å². The lowest BCUT2D eigenvalue weighted by molar-refractivity contribution is 0.102. The summed E-state index contributed by atoms with van der Waals surface area (Å²) >= 11 is 8.14. The molecule has 0 aliphatic heterocycles. The zero-order valence-corrected chi connectivity index (χ0v) is 13.3. The van der Waals surface area contributed by atoms with Crippen LogP contribution in [0.2, 0.25) is 5.02 Å². The SMILES string of the molecule is COc1cccc(F)c1C(=O)Nc1ccc(I)cc1Cl. The fourth-order valence-corrected chi connectivity index (χ4v) is 2.57. The third kappa shape index (κ3) is 3.21. The Kier molecular flexibility index (Phi) is 4.82. The van der Waals surface area contributed by atoms with Gasteiger partial charge in [0.1, 0.15) is 17.1 Å². The lowest BCUT2D eigenvalue weighted by Gasteiger charge is -2.11. The molecule has 3 nitrogen and oxygen atoms in total. The molecule has 0 saturated carbocycles. The van der Waals surface area contributed by atoms with Crippen molar-refractivity contribution in [2.24, 2.45) is 0 Å². The van der Waals surface area contributed by atoms with Gasteiger partial charge in [-0.1, -0.05) is 17.7 Å². The maximum absolute atomic E-state index is 13.8. The van der Waals surface area contributed by atoms with Crippen molar-refractivity contribution in [2.45, 2.75) is 0 Å². The molecule has 0 radical (unpaired) electrons. The molecule has 104 valence electrons. The molecule has 0 bridgehead atoms. The number of amides is 1. The monoisotopic (exact) mass is 405 g/mol. The van der Waals surface area contributed by atoms with E-state index in [2.05, 4.69) is 27.9 Å². The molecule has 0 fully saturated rings. The predicted molar refractivity (Wildman–Crippen MR) is 85.1 cm³/mol. The van der Waals surface area contributed by atoms with Gasteiger partial charge in [0, 0.05) is 3.57 Å². The summed E-state index contributed by atoms with van der Waals surface area (Å²) in [4.78, 5) is 12.2. The van der Waals surface area contributed by atoms with Crippen LogP contribution in [0.25, 0.3) is 0 Å². The number of rotatable bonds is 3. The van der Waals surface area contributed by atoms with Gasteiger partial charge in [0.25, 0.3) is 5.91 Å². The Morgan fingerprint density at radius 3 is 2.75 bits per heavy atom. The lowest BCUT2D eigenvalue weighted by atomic mass is 10.1. The Labute approximate surface area is 134 Å². The first kappa shape index (κ1) is 15.1. The minimum Gasteiger partial charge on any atom is -0.496 e. The highest BCUT2D eigenvalue weighted by Crippen LogP contribution is 2.27. The molecule has 0 saturated heterocycles. The first-order valence-electron chi connectivity index (χ1n) is 5.62. The Balaban J connectivity index is 2.33. The van der Waals surface area contributed by atoms with Crippen LogP contribution in [0, 0.1) is 9.39 Å². The summed E-state index contributed by atoms with van der Waals surface area (Å²) in [6.45, 7) is 0. The van der Waals surface area contributed by atoms with E-state index in [9.17, 15) is 9.18 Å². The fourth-order valence-electron chi connectivity index (χ4n) is 1.67. The Bertz CT molecular complexity index is 664. The summed E-state index contributed by atoms with van der Waals surface area (Å²) in [6, 6.07) is 9.36. The Hall–Kier alpha value is -1.34. The van der Waals surface area contributed by atoms with Gasteiger partial charge in [-0.05, 0) is 52.9 Å². The van der Waals surface area contributed by atoms with Gasteiger partial charge in [-0.25, -0.2) is 4.39 Å². The van der Waals surface area contributed by atoms with Crippen molar-refractivity contribution in [2.75, 3.05) is 12.4 Å². The van der Waals surface area contributed by atoms with E-state index in [1.807, 2.05) is 0 Å². The van der Waals surface area contributed by atoms with Gasteiger partial charge in [-0.2, -0.15) is 0 Å². The van der Waals surface area contributed by atoms with E-state index in [0.29, 0.717) is 10.7 Å². The first-order valence-corrected chi connectivity index (χ1v) is 7.07. The van der Waals surface area contributed by atoms with Crippen LogP contribution < -0.4 is 10.1 Å². The lowest BCUT2D eigenvalue weighted by Crippen LogP contribution is -2.15. The number of carbonyl (C=O) groups is 1. The van der Waals surface area contributed by atoms with Crippen molar-refractivity contribution in [1.82, 2.24) is 0 Å². The fraction of sp³-hybridized carbons (Fsp3) is 0.0714. The summed E-state index contributed by atoms with van der Waals surface area (Å²) in [5, 5.41) is 2.96. The number of benzene rings is 2. The molecule has 2 aromatic rings. The number of halogens is 3. The number of nitrogens with one attached hydrogen (secondary N) is 1. The zero-order chi connectivity index (χ0) is 14.7. The number of methoxy groups -OCH3 is 1. The minimum absolute atomic E-state index is 0.149. The van der Waals surface area contributed by atoms with Crippen molar-refractivity contribution >= 4 is 45.8 Å². The van der Waals surface area contributed by atoms with E-state index in [1.165, 1.54) is 25.3 Å². The Morgan fingerprint density at radius 1 is 1.35 bits per heavy atom. The summed E-state index contributed by atoms with van der Waals surface area (Å²) in [5.41, 5.74) is 0.270. The normalized spacial score (nSPS) is 10.2. The topological polar surface area (TPSA) is 38.3 Å². The number of hydrogen-bond donors (Lipinski definition) is 1.